The first-order chi connectivity index (χ1) is 12.7. The number of hydrogen-bond donors (Lipinski definition) is 2. The lowest BCUT2D eigenvalue weighted by Crippen LogP contribution is -2.51. The Bertz CT molecular complexity index is 868. The molecule has 1 fully saturated rings. The number of aryl methyl sites for hydroxylation is 1. The van der Waals surface area contributed by atoms with Gasteiger partial charge in [0.15, 0.2) is 5.60 Å². The number of rotatable bonds is 4. The number of piperidine rings is 1. The minimum absolute atomic E-state index is 0.0378. The predicted molar refractivity (Wildman–Crippen MR) is 100 cm³/mol. The number of aliphatic hydroxyl groups is 1. The van der Waals surface area contributed by atoms with Gasteiger partial charge in [0.2, 0.25) is 5.91 Å². The zero-order valence-electron chi connectivity index (χ0n) is 15.3. The highest BCUT2D eigenvalue weighted by Gasteiger charge is 2.40. The Labute approximate surface area is 162 Å². The van der Waals surface area contributed by atoms with Gasteiger partial charge in [-0.2, -0.15) is 5.10 Å². The fourth-order valence-corrected chi connectivity index (χ4v) is 3.49. The molecule has 1 aromatic heterocycles. The number of carbonyl (C=O) groups excluding carboxylic acids is 1. The Balaban J connectivity index is 1.74. The van der Waals surface area contributed by atoms with E-state index in [9.17, 15) is 14.7 Å². The number of amides is 1. The van der Waals surface area contributed by atoms with Gasteiger partial charge in [0.1, 0.15) is 0 Å². The third-order valence-electron chi connectivity index (χ3n) is 5.18. The normalized spacial score (nSPS) is 16.4. The minimum Gasteiger partial charge on any atom is -0.479 e. The van der Waals surface area contributed by atoms with E-state index in [1.807, 2.05) is 26.0 Å². The second-order valence-corrected chi connectivity index (χ2v) is 7.37. The van der Waals surface area contributed by atoms with Crippen LogP contribution in [0.15, 0.2) is 24.3 Å². The number of aromatic nitrogens is 2. The van der Waals surface area contributed by atoms with E-state index in [1.165, 1.54) is 0 Å². The summed E-state index contributed by atoms with van der Waals surface area (Å²) in [6.45, 7) is 4.23. The monoisotopic (exact) mass is 391 g/mol. The van der Waals surface area contributed by atoms with E-state index in [4.69, 9.17) is 16.7 Å². The first-order valence-corrected chi connectivity index (χ1v) is 9.13. The van der Waals surface area contributed by atoms with Crippen LogP contribution in [0.25, 0.3) is 5.69 Å². The number of carboxylic acids is 1. The van der Waals surface area contributed by atoms with Crippen LogP contribution in [0.2, 0.25) is 5.02 Å². The molecular formula is C19H22ClN3O4. The van der Waals surface area contributed by atoms with Crippen molar-refractivity contribution >= 4 is 23.5 Å². The summed E-state index contributed by atoms with van der Waals surface area (Å²) in [4.78, 5) is 25.4. The Morgan fingerprint density at radius 3 is 2.33 bits per heavy atom. The second-order valence-electron chi connectivity index (χ2n) is 6.93. The van der Waals surface area contributed by atoms with Crippen molar-refractivity contribution in [1.82, 2.24) is 14.7 Å². The van der Waals surface area contributed by atoms with Crippen molar-refractivity contribution in [3.8, 4) is 5.69 Å². The van der Waals surface area contributed by atoms with E-state index in [-0.39, 0.29) is 38.3 Å². The lowest BCUT2D eigenvalue weighted by atomic mass is 9.91. The predicted octanol–water partition coefficient (Wildman–Crippen LogP) is 2.12. The van der Waals surface area contributed by atoms with Crippen LogP contribution in [-0.4, -0.2) is 55.5 Å². The van der Waals surface area contributed by atoms with Crippen molar-refractivity contribution in [3.05, 3.63) is 46.2 Å². The molecule has 0 atom stereocenters. The molecule has 144 valence electrons. The van der Waals surface area contributed by atoms with Crippen LogP contribution >= 0.6 is 11.6 Å². The van der Waals surface area contributed by atoms with Crippen molar-refractivity contribution in [1.29, 1.82) is 0 Å². The zero-order chi connectivity index (χ0) is 19.8. The Hall–Kier alpha value is -2.38. The molecule has 0 bridgehead atoms. The maximum atomic E-state index is 12.7. The smallest absolute Gasteiger partial charge is 0.335 e. The van der Waals surface area contributed by atoms with Gasteiger partial charge in [-0.1, -0.05) is 11.6 Å². The molecule has 1 aliphatic heterocycles. The van der Waals surface area contributed by atoms with Gasteiger partial charge in [0.25, 0.3) is 0 Å². The molecule has 1 aliphatic rings. The SMILES string of the molecule is Cc1nn(-c2ccc(Cl)cc2)c(C)c1CC(=O)N1CCC(O)(C(=O)O)CC1. The summed E-state index contributed by atoms with van der Waals surface area (Å²) in [7, 11) is 0. The van der Waals surface area contributed by atoms with Gasteiger partial charge in [-0.25, -0.2) is 9.48 Å². The molecule has 8 heteroatoms. The van der Waals surface area contributed by atoms with Crippen LogP contribution < -0.4 is 0 Å². The number of hydrogen-bond acceptors (Lipinski definition) is 4. The molecule has 1 aromatic carbocycles. The summed E-state index contributed by atoms with van der Waals surface area (Å²) in [6, 6.07) is 7.31. The molecule has 0 spiro atoms. The summed E-state index contributed by atoms with van der Waals surface area (Å²) >= 11 is 5.94. The maximum Gasteiger partial charge on any atom is 0.335 e. The van der Waals surface area contributed by atoms with Crippen molar-refractivity contribution < 1.29 is 19.8 Å². The standard InChI is InChI=1S/C19H22ClN3O4/c1-12-16(13(2)23(21-12)15-5-3-14(20)4-6-15)11-17(24)22-9-7-19(27,8-10-22)18(25)26/h3-6,27H,7-11H2,1-2H3,(H,25,26). The molecule has 3 rings (SSSR count). The molecule has 0 saturated carbocycles. The molecule has 1 amide bonds. The summed E-state index contributed by atoms with van der Waals surface area (Å²) < 4.78 is 1.79. The topological polar surface area (TPSA) is 95.7 Å². The Morgan fingerprint density at radius 2 is 1.78 bits per heavy atom. The van der Waals surface area contributed by atoms with Gasteiger partial charge in [0, 0.05) is 42.2 Å². The fourth-order valence-electron chi connectivity index (χ4n) is 3.37. The summed E-state index contributed by atoms with van der Waals surface area (Å²) in [5, 5.41) is 24.3. The van der Waals surface area contributed by atoms with Crippen LogP contribution in [0.4, 0.5) is 0 Å². The molecule has 27 heavy (non-hydrogen) atoms. The molecule has 0 unspecified atom stereocenters. The van der Waals surface area contributed by atoms with Crippen molar-refractivity contribution in [2.45, 2.75) is 38.7 Å². The molecule has 2 N–H and O–H groups in total. The molecule has 2 aromatic rings. The van der Waals surface area contributed by atoms with Gasteiger partial charge in [-0.3, -0.25) is 4.79 Å². The van der Waals surface area contributed by atoms with Gasteiger partial charge in [0.05, 0.1) is 17.8 Å². The van der Waals surface area contributed by atoms with Crippen LogP contribution in [-0.2, 0) is 16.0 Å². The number of likely N-dealkylation sites (tertiary alicyclic amines) is 1. The average Bonchev–Trinajstić information content (AvgIpc) is 2.91. The minimum atomic E-state index is -1.73. The summed E-state index contributed by atoms with van der Waals surface area (Å²) in [6.07, 6.45) is 0.267. The number of nitrogens with zero attached hydrogens (tertiary/aromatic N) is 3. The Kier molecular flexibility index (Phi) is 5.26. The van der Waals surface area contributed by atoms with Crippen molar-refractivity contribution in [3.63, 3.8) is 0 Å². The first kappa shape index (κ1) is 19.4. The summed E-state index contributed by atoms with van der Waals surface area (Å²) in [5.41, 5.74) is 1.64. The highest BCUT2D eigenvalue weighted by molar-refractivity contribution is 6.30. The molecule has 2 heterocycles. The van der Waals surface area contributed by atoms with Crippen LogP contribution in [0.1, 0.15) is 29.8 Å². The molecule has 1 saturated heterocycles. The quantitative estimate of drug-likeness (QED) is 0.832. The third-order valence-corrected chi connectivity index (χ3v) is 5.43. The largest absolute Gasteiger partial charge is 0.479 e. The number of carbonyl (C=O) groups is 2. The number of carboxylic acid groups (broad SMARTS) is 1. The highest BCUT2D eigenvalue weighted by atomic mass is 35.5. The van der Waals surface area contributed by atoms with E-state index >= 15 is 0 Å². The highest BCUT2D eigenvalue weighted by Crippen LogP contribution is 2.24. The van der Waals surface area contributed by atoms with Crippen LogP contribution in [0.5, 0.6) is 0 Å². The van der Waals surface area contributed by atoms with E-state index in [0.29, 0.717) is 5.02 Å². The van der Waals surface area contributed by atoms with Crippen molar-refractivity contribution in [2.24, 2.45) is 0 Å². The first-order valence-electron chi connectivity index (χ1n) is 8.76. The summed E-state index contributed by atoms with van der Waals surface area (Å²) in [5.74, 6) is -1.32. The van der Waals surface area contributed by atoms with E-state index in [2.05, 4.69) is 5.10 Å². The Morgan fingerprint density at radius 1 is 1.19 bits per heavy atom. The molecular weight excluding hydrogens is 370 g/mol. The number of aliphatic carboxylic acids is 1. The number of benzene rings is 1. The lowest BCUT2D eigenvalue weighted by Gasteiger charge is -2.35. The lowest BCUT2D eigenvalue weighted by molar-refractivity contribution is -0.165. The third kappa shape index (κ3) is 3.84. The van der Waals surface area contributed by atoms with E-state index < -0.39 is 11.6 Å². The van der Waals surface area contributed by atoms with Gasteiger partial charge < -0.3 is 15.1 Å². The van der Waals surface area contributed by atoms with Gasteiger partial charge in [-0.15, -0.1) is 0 Å². The maximum absolute atomic E-state index is 12.7. The van der Waals surface area contributed by atoms with Crippen LogP contribution in [0, 0.1) is 13.8 Å². The van der Waals surface area contributed by atoms with Gasteiger partial charge in [-0.05, 0) is 38.1 Å². The molecule has 0 aliphatic carbocycles. The average molecular weight is 392 g/mol. The van der Waals surface area contributed by atoms with E-state index in [0.717, 1.165) is 22.6 Å². The second kappa shape index (κ2) is 7.32. The molecule has 7 nitrogen and oxygen atoms in total. The zero-order valence-corrected chi connectivity index (χ0v) is 16.0. The van der Waals surface area contributed by atoms with Gasteiger partial charge >= 0.3 is 5.97 Å². The fraction of sp³-hybridized carbons (Fsp3) is 0.421. The van der Waals surface area contributed by atoms with Crippen molar-refractivity contribution in [2.75, 3.05) is 13.1 Å². The number of halogens is 1. The molecule has 0 radical (unpaired) electrons. The van der Waals surface area contributed by atoms with E-state index in [1.54, 1.807) is 21.7 Å². The van der Waals surface area contributed by atoms with Crippen LogP contribution in [0.3, 0.4) is 0 Å².